The van der Waals surface area contributed by atoms with E-state index in [1.165, 1.54) is 0 Å². The Hall–Kier alpha value is -0.730. The van der Waals surface area contributed by atoms with Crippen LogP contribution < -0.4 is 0 Å². The average molecular weight is 284 g/mol. The number of benzene rings is 1. The standard InChI is InChI=1S/C8H2BrClF3N/c9-6-5(8(11,12)13)2-1-4(3-14)7(6)10/h1-2H. The van der Waals surface area contributed by atoms with Gasteiger partial charge in [0.1, 0.15) is 6.07 Å². The van der Waals surface area contributed by atoms with Gasteiger partial charge in [0.15, 0.2) is 0 Å². The lowest BCUT2D eigenvalue weighted by Gasteiger charge is -2.10. The van der Waals surface area contributed by atoms with Gasteiger partial charge < -0.3 is 0 Å². The molecule has 1 aromatic rings. The number of halogens is 5. The SMILES string of the molecule is N#Cc1ccc(C(F)(F)F)c(Br)c1Cl. The Bertz CT molecular complexity index is 408. The zero-order valence-corrected chi connectivity index (χ0v) is 8.83. The van der Waals surface area contributed by atoms with Crippen LogP contribution in [0.15, 0.2) is 16.6 Å². The molecule has 0 heterocycles. The highest BCUT2D eigenvalue weighted by Gasteiger charge is 2.34. The van der Waals surface area contributed by atoms with Crippen molar-refractivity contribution in [3.05, 3.63) is 32.8 Å². The van der Waals surface area contributed by atoms with E-state index < -0.39 is 11.7 Å². The van der Waals surface area contributed by atoms with Gasteiger partial charge in [-0.3, -0.25) is 0 Å². The first-order valence-electron chi connectivity index (χ1n) is 3.33. The number of hydrogen-bond acceptors (Lipinski definition) is 1. The first-order valence-corrected chi connectivity index (χ1v) is 4.50. The maximum atomic E-state index is 12.3. The van der Waals surface area contributed by atoms with Crippen molar-refractivity contribution in [3.8, 4) is 6.07 Å². The van der Waals surface area contributed by atoms with Gasteiger partial charge in [-0.15, -0.1) is 0 Å². The summed E-state index contributed by atoms with van der Waals surface area (Å²) in [6.45, 7) is 0. The molecule has 14 heavy (non-hydrogen) atoms. The maximum Gasteiger partial charge on any atom is 0.417 e. The van der Waals surface area contributed by atoms with Crippen LogP contribution in [0.3, 0.4) is 0 Å². The monoisotopic (exact) mass is 283 g/mol. The van der Waals surface area contributed by atoms with E-state index in [2.05, 4.69) is 15.9 Å². The van der Waals surface area contributed by atoms with E-state index in [4.69, 9.17) is 16.9 Å². The van der Waals surface area contributed by atoms with E-state index in [9.17, 15) is 13.2 Å². The van der Waals surface area contributed by atoms with Crippen LogP contribution in [0.5, 0.6) is 0 Å². The lowest BCUT2D eigenvalue weighted by atomic mass is 10.1. The Labute approximate surface area is 91.2 Å². The van der Waals surface area contributed by atoms with E-state index in [0.717, 1.165) is 12.1 Å². The van der Waals surface area contributed by atoms with E-state index in [-0.39, 0.29) is 15.1 Å². The van der Waals surface area contributed by atoms with E-state index in [1.807, 2.05) is 0 Å². The molecule has 1 aromatic carbocycles. The smallest absolute Gasteiger partial charge is 0.192 e. The molecule has 0 aromatic heterocycles. The fourth-order valence-corrected chi connectivity index (χ4v) is 1.63. The Kier molecular flexibility index (Phi) is 3.07. The van der Waals surface area contributed by atoms with Crippen LogP contribution >= 0.6 is 27.5 Å². The molecule has 0 aliphatic rings. The predicted octanol–water partition coefficient (Wildman–Crippen LogP) is 3.99. The summed E-state index contributed by atoms with van der Waals surface area (Å²) in [6, 6.07) is 3.54. The highest BCUT2D eigenvalue weighted by molar-refractivity contribution is 9.10. The van der Waals surface area contributed by atoms with Crippen molar-refractivity contribution in [3.63, 3.8) is 0 Å². The van der Waals surface area contributed by atoms with Crippen molar-refractivity contribution < 1.29 is 13.2 Å². The summed E-state index contributed by atoms with van der Waals surface area (Å²) in [7, 11) is 0. The summed E-state index contributed by atoms with van der Waals surface area (Å²) >= 11 is 8.24. The van der Waals surface area contributed by atoms with Gasteiger partial charge in [0, 0.05) is 4.47 Å². The molecule has 0 aliphatic heterocycles. The second kappa shape index (κ2) is 3.79. The van der Waals surface area contributed by atoms with Crippen LogP contribution in [-0.4, -0.2) is 0 Å². The lowest BCUT2D eigenvalue weighted by Crippen LogP contribution is -2.06. The predicted molar refractivity (Wildman–Crippen MR) is 48.9 cm³/mol. The molecule has 0 saturated heterocycles. The molecule has 0 saturated carbocycles. The second-order valence-corrected chi connectivity index (χ2v) is 3.57. The molecule has 0 spiro atoms. The van der Waals surface area contributed by atoms with Crippen LogP contribution in [0, 0.1) is 11.3 Å². The van der Waals surface area contributed by atoms with Crippen LogP contribution in [0.4, 0.5) is 13.2 Å². The Balaban J connectivity index is 3.41. The van der Waals surface area contributed by atoms with Crippen molar-refractivity contribution in [2.45, 2.75) is 6.18 Å². The third kappa shape index (κ3) is 2.02. The van der Waals surface area contributed by atoms with Crippen LogP contribution in [0.25, 0.3) is 0 Å². The molecule has 0 bridgehead atoms. The largest absolute Gasteiger partial charge is 0.417 e. The first-order chi connectivity index (χ1) is 6.38. The van der Waals surface area contributed by atoms with Gasteiger partial charge in [-0.25, -0.2) is 0 Å². The third-order valence-corrected chi connectivity index (χ3v) is 2.95. The summed E-state index contributed by atoms with van der Waals surface area (Å²) in [5.74, 6) is 0. The van der Waals surface area contributed by atoms with Crippen LogP contribution in [0.1, 0.15) is 11.1 Å². The highest BCUT2D eigenvalue weighted by Crippen LogP contribution is 2.39. The van der Waals surface area contributed by atoms with Gasteiger partial charge in [-0.2, -0.15) is 18.4 Å². The Morgan fingerprint density at radius 1 is 1.36 bits per heavy atom. The molecular formula is C8H2BrClF3N. The topological polar surface area (TPSA) is 23.8 Å². The molecule has 74 valence electrons. The highest BCUT2D eigenvalue weighted by atomic mass is 79.9. The molecule has 0 N–H and O–H groups in total. The number of hydrogen-bond donors (Lipinski definition) is 0. The third-order valence-electron chi connectivity index (χ3n) is 1.51. The van der Waals surface area contributed by atoms with Crippen LogP contribution in [0.2, 0.25) is 5.02 Å². The molecular weight excluding hydrogens is 282 g/mol. The van der Waals surface area contributed by atoms with Crippen molar-refractivity contribution in [1.82, 2.24) is 0 Å². The molecule has 1 rings (SSSR count). The Morgan fingerprint density at radius 2 is 1.93 bits per heavy atom. The van der Waals surface area contributed by atoms with E-state index in [1.54, 1.807) is 6.07 Å². The van der Waals surface area contributed by atoms with E-state index >= 15 is 0 Å². The van der Waals surface area contributed by atoms with Gasteiger partial charge in [0.05, 0.1) is 16.1 Å². The normalized spacial score (nSPS) is 11.1. The maximum absolute atomic E-state index is 12.3. The van der Waals surface area contributed by atoms with Gasteiger partial charge in [-0.05, 0) is 28.1 Å². The minimum atomic E-state index is -4.48. The summed E-state index contributed by atoms with van der Waals surface area (Å²) in [4.78, 5) is 0. The minimum absolute atomic E-state index is 0.00606. The zero-order chi connectivity index (χ0) is 10.9. The molecule has 0 aliphatic carbocycles. The number of nitrogens with zero attached hydrogens (tertiary/aromatic N) is 1. The molecule has 0 fully saturated rings. The summed E-state index contributed by atoms with van der Waals surface area (Å²) in [5.41, 5.74) is -0.881. The molecule has 0 atom stereocenters. The fraction of sp³-hybridized carbons (Fsp3) is 0.125. The van der Waals surface area contributed by atoms with Crippen LogP contribution in [-0.2, 0) is 6.18 Å². The van der Waals surface area contributed by atoms with Crippen molar-refractivity contribution in [2.75, 3.05) is 0 Å². The van der Waals surface area contributed by atoms with E-state index in [0.29, 0.717) is 0 Å². The second-order valence-electron chi connectivity index (χ2n) is 2.40. The van der Waals surface area contributed by atoms with Crippen molar-refractivity contribution in [2.24, 2.45) is 0 Å². The number of nitriles is 1. The van der Waals surface area contributed by atoms with Crippen molar-refractivity contribution >= 4 is 27.5 Å². The molecule has 6 heteroatoms. The first kappa shape index (κ1) is 11.3. The van der Waals surface area contributed by atoms with Crippen molar-refractivity contribution in [1.29, 1.82) is 5.26 Å². The quantitative estimate of drug-likeness (QED) is 0.706. The Morgan fingerprint density at radius 3 is 2.36 bits per heavy atom. The summed E-state index contributed by atoms with van der Waals surface area (Å²) in [5, 5.41) is 8.28. The molecule has 0 radical (unpaired) electrons. The van der Waals surface area contributed by atoms with Gasteiger partial charge >= 0.3 is 6.18 Å². The van der Waals surface area contributed by atoms with Gasteiger partial charge in [0.25, 0.3) is 0 Å². The fourth-order valence-electron chi connectivity index (χ4n) is 0.855. The van der Waals surface area contributed by atoms with Gasteiger partial charge in [-0.1, -0.05) is 11.6 Å². The molecule has 0 unspecified atom stereocenters. The van der Waals surface area contributed by atoms with Gasteiger partial charge in [0.2, 0.25) is 0 Å². The summed E-state index contributed by atoms with van der Waals surface area (Å²) < 4.78 is 36.6. The molecule has 1 nitrogen and oxygen atoms in total. The molecule has 0 amide bonds. The lowest BCUT2D eigenvalue weighted by molar-refractivity contribution is -0.138. The zero-order valence-electron chi connectivity index (χ0n) is 6.49. The average Bonchev–Trinajstić information content (AvgIpc) is 2.07. The summed E-state index contributed by atoms with van der Waals surface area (Å²) in [6.07, 6.45) is -4.48. The number of rotatable bonds is 0. The number of alkyl halides is 3. The minimum Gasteiger partial charge on any atom is -0.192 e.